The van der Waals surface area contributed by atoms with Crippen molar-refractivity contribution in [3.63, 3.8) is 0 Å². The number of benzene rings is 2. The highest BCUT2D eigenvalue weighted by Gasteiger charge is 2.13. The third kappa shape index (κ3) is 3.63. The van der Waals surface area contributed by atoms with Crippen LogP contribution in [0.5, 0.6) is 0 Å². The number of aromatic nitrogens is 3. The molecule has 0 radical (unpaired) electrons. The molecular weight excluding hydrogens is 380 g/mol. The average molecular weight is 397 g/mol. The van der Waals surface area contributed by atoms with E-state index >= 15 is 0 Å². The van der Waals surface area contributed by atoms with Gasteiger partial charge < -0.3 is 10.3 Å². The second kappa shape index (κ2) is 7.21. The van der Waals surface area contributed by atoms with Crippen molar-refractivity contribution in [3.05, 3.63) is 58.9 Å². The molecule has 27 heavy (non-hydrogen) atoms. The second-order valence-corrected chi connectivity index (χ2v) is 7.77. The number of amides is 1. The molecule has 0 saturated carbocycles. The number of thioether (sulfide) groups is 1. The van der Waals surface area contributed by atoms with Gasteiger partial charge in [0.05, 0.1) is 22.0 Å². The Hall–Kier alpha value is -2.57. The number of halogens is 1. The smallest absolute Gasteiger partial charge is 0.234 e. The fraction of sp³-hybridized carbons (Fsp3) is 0.150. The Balaban J connectivity index is 1.55. The summed E-state index contributed by atoms with van der Waals surface area (Å²) in [5, 5.41) is 5.19. The number of aryl methyl sites for hydroxylation is 2. The van der Waals surface area contributed by atoms with Crippen LogP contribution >= 0.6 is 23.4 Å². The van der Waals surface area contributed by atoms with E-state index in [1.807, 2.05) is 31.2 Å². The number of fused-ring (bicyclic) bond motifs is 3. The maximum absolute atomic E-state index is 12.3. The quantitative estimate of drug-likeness (QED) is 0.371. The summed E-state index contributed by atoms with van der Waals surface area (Å²) >= 11 is 7.55. The molecular formula is C20H17ClN4OS. The number of anilines is 1. The van der Waals surface area contributed by atoms with Crippen molar-refractivity contribution in [1.82, 2.24) is 15.0 Å². The summed E-state index contributed by atoms with van der Waals surface area (Å²) in [6.07, 6.45) is 1.54. The first kappa shape index (κ1) is 17.8. The summed E-state index contributed by atoms with van der Waals surface area (Å²) in [5.74, 6) is 0.0921. The fourth-order valence-corrected chi connectivity index (χ4v) is 3.97. The van der Waals surface area contributed by atoms with Crippen LogP contribution in [0.4, 0.5) is 5.69 Å². The minimum Gasteiger partial charge on any atom is -0.351 e. The van der Waals surface area contributed by atoms with Crippen molar-refractivity contribution < 1.29 is 4.79 Å². The van der Waals surface area contributed by atoms with Crippen LogP contribution in [0, 0.1) is 13.8 Å². The van der Waals surface area contributed by atoms with E-state index in [2.05, 4.69) is 39.3 Å². The molecule has 0 bridgehead atoms. The number of aromatic amines is 1. The van der Waals surface area contributed by atoms with Crippen molar-refractivity contribution in [2.24, 2.45) is 0 Å². The Morgan fingerprint density at radius 2 is 1.93 bits per heavy atom. The number of carbonyl (C=O) groups excluding carboxylic acids is 1. The lowest BCUT2D eigenvalue weighted by molar-refractivity contribution is -0.113. The van der Waals surface area contributed by atoms with Gasteiger partial charge in [-0.05, 0) is 43.7 Å². The molecule has 1 amide bonds. The van der Waals surface area contributed by atoms with Crippen molar-refractivity contribution >= 4 is 56.9 Å². The van der Waals surface area contributed by atoms with Crippen LogP contribution in [0.2, 0.25) is 5.02 Å². The predicted octanol–water partition coefficient (Wildman–Crippen LogP) is 5.11. The lowest BCUT2D eigenvalue weighted by Gasteiger charge is -2.07. The number of nitrogens with one attached hydrogen (secondary N) is 2. The maximum atomic E-state index is 12.3. The molecule has 0 atom stereocenters. The van der Waals surface area contributed by atoms with Crippen LogP contribution in [0.25, 0.3) is 21.9 Å². The largest absolute Gasteiger partial charge is 0.351 e. The highest BCUT2D eigenvalue weighted by Crippen LogP contribution is 2.30. The number of rotatable bonds is 4. The average Bonchev–Trinajstić information content (AvgIpc) is 3.01. The molecule has 2 N–H and O–H groups in total. The first-order valence-corrected chi connectivity index (χ1v) is 9.79. The molecule has 0 spiro atoms. The van der Waals surface area contributed by atoms with E-state index < -0.39 is 0 Å². The van der Waals surface area contributed by atoms with Crippen LogP contribution < -0.4 is 5.32 Å². The molecule has 0 aliphatic carbocycles. The number of hydrogen-bond acceptors (Lipinski definition) is 4. The van der Waals surface area contributed by atoms with E-state index in [-0.39, 0.29) is 11.7 Å². The van der Waals surface area contributed by atoms with Gasteiger partial charge in [0.1, 0.15) is 16.9 Å². The Morgan fingerprint density at radius 3 is 2.74 bits per heavy atom. The second-order valence-electron chi connectivity index (χ2n) is 6.40. The summed E-state index contributed by atoms with van der Waals surface area (Å²) in [6.45, 7) is 4.01. The summed E-state index contributed by atoms with van der Waals surface area (Å²) in [6, 6.07) is 11.7. The first-order chi connectivity index (χ1) is 13.0. The molecule has 0 unspecified atom stereocenters. The summed E-state index contributed by atoms with van der Waals surface area (Å²) < 4.78 is 0. The van der Waals surface area contributed by atoms with Crippen molar-refractivity contribution in [3.8, 4) is 0 Å². The highest BCUT2D eigenvalue weighted by molar-refractivity contribution is 8.00. The van der Waals surface area contributed by atoms with Gasteiger partial charge in [-0.1, -0.05) is 41.1 Å². The van der Waals surface area contributed by atoms with Crippen molar-refractivity contribution in [1.29, 1.82) is 0 Å². The number of hydrogen-bond donors (Lipinski definition) is 2. The van der Waals surface area contributed by atoms with E-state index in [1.165, 1.54) is 23.7 Å². The number of H-pyrrole nitrogens is 1. The first-order valence-electron chi connectivity index (χ1n) is 8.43. The molecule has 2 aromatic carbocycles. The van der Waals surface area contributed by atoms with Crippen LogP contribution in [-0.4, -0.2) is 26.6 Å². The number of carbonyl (C=O) groups is 1. The molecule has 7 heteroatoms. The Bertz CT molecular complexity index is 1170. The normalized spacial score (nSPS) is 11.2. The molecule has 4 rings (SSSR count). The lowest BCUT2D eigenvalue weighted by atomic mass is 10.2. The van der Waals surface area contributed by atoms with Gasteiger partial charge in [-0.25, -0.2) is 9.97 Å². The summed E-state index contributed by atoms with van der Waals surface area (Å²) in [7, 11) is 0. The van der Waals surface area contributed by atoms with Gasteiger partial charge in [0, 0.05) is 10.9 Å². The van der Waals surface area contributed by atoms with Crippen molar-refractivity contribution in [2.75, 3.05) is 11.1 Å². The highest BCUT2D eigenvalue weighted by atomic mass is 35.5. The zero-order valence-electron chi connectivity index (χ0n) is 14.8. The Kier molecular flexibility index (Phi) is 4.76. The third-order valence-corrected chi connectivity index (χ3v) is 5.54. The van der Waals surface area contributed by atoms with Gasteiger partial charge in [-0.15, -0.1) is 0 Å². The molecule has 2 aromatic heterocycles. The Morgan fingerprint density at radius 1 is 1.15 bits per heavy atom. The molecule has 136 valence electrons. The van der Waals surface area contributed by atoms with Crippen molar-refractivity contribution in [2.45, 2.75) is 18.9 Å². The van der Waals surface area contributed by atoms with E-state index in [4.69, 9.17) is 11.6 Å². The van der Waals surface area contributed by atoms with E-state index in [1.54, 1.807) is 0 Å². The zero-order chi connectivity index (χ0) is 19.0. The summed E-state index contributed by atoms with van der Waals surface area (Å²) in [5.41, 5.74) is 5.56. The monoisotopic (exact) mass is 396 g/mol. The molecule has 4 aromatic rings. The molecule has 5 nitrogen and oxygen atoms in total. The molecule has 0 aliphatic heterocycles. The lowest BCUT2D eigenvalue weighted by Crippen LogP contribution is -2.14. The van der Waals surface area contributed by atoms with Crippen LogP contribution in [0.15, 0.2) is 47.8 Å². The van der Waals surface area contributed by atoms with E-state index in [0.29, 0.717) is 10.7 Å². The van der Waals surface area contributed by atoms with Gasteiger partial charge in [0.15, 0.2) is 0 Å². The molecule has 0 saturated heterocycles. The zero-order valence-corrected chi connectivity index (χ0v) is 16.4. The van der Waals surface area contributed by atoms with E-state index in [9.17, 15) is 4.79 Å². The van der Waals surface area contributed by atoms with Crippen LogP contribution in [-0.2, 0) is 4.79 Å². The predicted molar refractivity (Wildman–Crippen MR) is 112 cm³/mol. The van der Waals surface area contributed by atoms with Gasteiger partial charge in [-0.2, -0.15) is 0 Å². The van der Waals surface area contributed by atoms with Crippen LogP contribution in [0.1, 0.15) is 11.1 Å². The number of nitrogens with zero attached hydrogens (tertiary/aromatic N) is 2. The van der Waals surface area contributed by atoms with Gasteiger partial charge in [0.25, 0.3) is 0 Å². The van der Waals surface area contributed by atoms with Gasteiger partial charge in [-0.3, -0.25) is 4.79 Å². The maximum Gasteiger partial charge on any atom is 0.234 e. The van der Waals surface area contributed by atoms with E-state index in [0.717, 1.165) is 32.5 Å². The Labute approximate surface area is 165 Å². The molecule has 0 fully saturated rings. The minimum atomic E-state index is -0.135. The van der Waals surface area contributed by atoms with Gasteiger partial charge in [0.2, 0.25) is 5.91 Å². The van der Waals surface area contributed by atoms with Gasteiger partial charge >= 0.3 is 0 Å². The van der Waals surface area contributed by atoms with Crippen LogP contribution in [0.3, 0.4) is 0 Å². The molecule has 2 heterocycles. The third-order valence-electron chi connectivity index (χ3n) is 4.24. The SMILES string of the molecule is Cc1ccc(NC(=O)CSc2ncnc3c2[nH]c2ccc(C)cc23)c(Cl)c1. The minimum absolute atomic E-state index is 0.135. The molecule has 0 aliphatic rings. The topological polar surface area (TPSA) is 70.7 Å². The standard InChI is InChI=1S/C20H17ClN4OS/c1-11-3-5-15-13(7-11)18-19(25-15)20(23-10-22-18)27-9-17(26)24-16-6-4-12(2)8-14(16)21/h3-8,10,25H,9H2,1-2H3,(H,24,26). The fourth-order valence-electron chi connectivity index (χ4n) is 2.94. The summed E-state index contributed by atoms with van der Waals surface area (Å²) in [4.78, 5) is 24.5.